The first-order valence-corrected chi connectivity index (χ1v) is 14.7. The molecule has 0 bridgehead atoms. The molecule has 206 valence electrons. The molecule has 2 aromatic carbocycles. The second-order valence-electron chi connectivity index (χ2n) is 11.7. The van der Waals surface area contributed by atoms with Crippen molar-refractivity contribution in [1.82, 2.24) is 4.90 Å². The quantitative estimate of drug-likeness (QED) is 0.386. The number of carbonyl (C=O) groups is 1. The van der Waals surface area contributed by atoms with Gasteiger partial charge in [0.25, 0.3) is 5.91 Å². The highest BCUT2D eigenvalue weighted by Crippen LogP contribution is 2.49. The van der Waals surface area contributed by atoms with E-state index in [0.717, 1.165) is 72.6 Å². The fraction of sp³-hybridized carbons (Fsp3) is 0.500. The summed E-state index contributed by atoms with van der Waals surface area (Å²) >= 11 is 6.20. The van der Waals surface area contributed by atoms with Crippen LogP contribution in [0.15, 0.2) is 45.6 Å². The van der Waals surface area contributed by atoms with Crippen molar-refractivity contribution in [2.45, 2.75) is 89.4 Å². The number of likely N-dealkylation sites (tertiary alicyclic amines) is 1. The Labute approximate surface area is 233 Å². The number of piperidine rings is 1. The number of hydrogen-bond acceptors (Lipinski definition) is 5. The van der Waals surface area contributed by atoms with Crippen LogP contribution in [0.1, 0.15) is 80.2 Å². The van der Waals surface area contributed by atoms with E-state index in [1.807, 2.05) is 48.2 Å². The predicted octanol–water partition coefficient (Wildman–Crippen LogP) is 6.30. The summed E-state index contributed by atoms with van der Waals surface area (Å²) < 4.78 is 12.2. The highest BCUT2D eigenvalue weighted by atomic mass is 35.5. The lowest BCUT2D eigenvalue weighted by Gasteiger charge is -2.53. The Morgan fingerprint density at radius 3 is 2.62 bits per heavy atom. The molecule has 3 aliphatic rings. The third-order valence-electron chi connectivity index (χ3n) is 9.14. The number of fused-ring (bicyclic) bond motifs is 4. The van der Waals surface area contributed by atoms with E-state index in [2.05, 4.69) is 0 Å². The Morgan fingerprint density at radius 2 is 1.85 bits per heavy atom. The van der Waals surface area contributed by atoms with Crippen LogP contribution in [0.2, 0.25) is 5.02 Å². The van der Waals surface area contributed by atoms with Gasteiger partial charge in [-0.3, -0.25) is 4.79 Å². The monoisotopic (exact) mass is 549 g/mol. The molecule has 2 aliphatic carbocycles. The van der Waals surface area contributed by atoms with E-state index in [4.69, 9.17) is 20.8 Å². The van der Waals surface area contributed by atoms with Crippen molar-refractivity contribution >= 4 is 28.5 Å². The van der Waals surface area contributed by atoms with Crippen LogP contribution >= 0.6 is 11.6 Å². The molecule has 1 aromatic heterocycles. The van der Waals surface area contributed by atoms with Gasteiger partial charge in [0.05, 0.1) is 17.0 Å². The minimum absolute atomic E-state index is 0.0431. The second-order valence-corrected chi connectivity index (χ2v) is 12.1. The lowest BCUT2D eigenvalue weighted by molar-refractivity contribution is -0.161. The zero-order valence-corrected chi connectivity index (χ0v) is 23.4. The third-order valence-corrected chi connectivity index (χ3v) is 9.39. The maximum atomic E-state index is 14.1. The molecule has 0 radical (unpaired) electrons. The van der Waals surface area contributed by atoms with Gasteiger partial charge in [0.15, 0.2) is 6.10 Å². The maximum absolute atomic E-state index is 14.1. The van der Waals surface area contributed by atoms with Crippen LogP contribution < -0.4 is 10.4 Å². The van der Waals surface area contributed by atoms with Crippen LogP contribution in [-0.2, 0) is 17.6 Å². The summed E-state index contributed by atoms with van der Waals surface area (Å²) in [6, 6.07) is 11.2. The number of nitrogens with zero attached hydrogens (tertiary/aromatic N) is 1. The molecule has 1 saturated heterocycles. The molecule has 1 aliphatic heterocycles. The van der Waals surface area contributed by atoms with Crippen molar-refractivity contribution in [3.63, 3.8) is 0 Å². The Bertz CT molecular complexity index is 1460. The number of halogens is 1. The summed E-state index contributed by atoms with van der Waals surface area (Å²) in [5.74, 6) is 0.434. The van der Waals surface area contributed by atoms with Crippen molar-refractivity contribution in [3.8, 4) is 5.75 Å². The van der Waals surface area contributed by atoms with Gasteiger partial charge in [-0.25, -0.2) is 4.79 Å². The lowest BCUT2D eigenvalue weighted by Crippen LogP contribution is -2.58. The third kappa shape index (κ3) is 4.76. The molecule has 1 saturated carbocycles. The zero-order chi connectivity index (χ0) is 27.3. The first-order valence-electron chi connectivity index (χ1n) is 14.3. The number of carbonyl (C=O) groups excluding carboxylic acids is 1. The number of ether oxygens (including phenoxy) is 1. The molecule has 0 unspecified atom stereocenters. The SMILES string of the molecule is Cc1cc(O[C@H](C)C(=O)N2CC[C@]3(O)CCCC[C@@H]3[C@@H]2c2ccc(Cl)cc2)c2c3c(c(=O)oc2c1)CCCC3. The largest absolute Gasteiger partial charge is 0.480 e. The van der Waals surface area contributed by atoms with E-state index in [0.29, 0.717) is 35.7 Å². The molecule has 2 fully saturated rings. The number of amides is 1. The van der Waals surface area contributed by atoms with E-state index >= 15 is 0 Å². The molecule has 1 N–H and O–H groups in total. The standard InChI is InChI=1S/C32H36ClNO5/c1-19-17-26(28-23-7-3-4-8-24(23)31(36)39-27(28)18-19)38-20(2)30(35)34-16-15-32(37)14-6-5-9-25(32)29(34)21-10-12-22(33)13-11-21/h10-13,17-18,20,25,29,37H,3-9,14-16H2,1-2H3/t20-,25-,29+,32-/m1/s1. The van der Waals surface area contributed by atoms with Gasteiger partial charge in [0, 0.05) is 23.0 Å². The minimum Gasteiger partial charge on any atom is -0.480 e. The number of benzene rings is 2. The first kappa shape index (κ1) is 26.4. The summed E-state index contributed by atoms with van der Waals surface area (Å²) in [6.45, 7) is 4.19. The van der Waals surface area contributed by atoms with E-state index in [1.165, 1.54) is 0 Å². The molecular weight excluding hydrogens is 514 g/mol. The fourth-order valence-corrected chi connectivity index (χ4v) is 7.36. The topological polar surface area (TPSA) is 80.0 Å². The highest BCUT2D eigenvalue weighted by molar-refractivity contribution is 6.30. The van der Waals surface area contributed by atoms with Crippen molar-refractivity contribution in [3.05, 3.63) is 74.1 Å². The molecule has 2 heterocycles. The normalized spacial score (nSPS) is 25.6. The van der Waals surface area contributed by atoms with Gasteiger partial charge in [-0.2, -0.15) is 0 Å². The molecule has 4 atom stereocenters. The molecule has 1 amide bonds. The van der Waals surface area contributed by atoms with Crippen molar-refractivity contribution in [2.75, 3.05) is 6.54 Å². The van der Waals surface area contributed by atoms with Crippen molar-refractivity contribution < 1.29 is 19.1 Å². The molecule has 3 aromatic rings. The van der Waals surface area contributed by atoms with Crippen LogP contribution in [0.4, 0.5) is 0 Å². The number of hydrogen-bond donors (Lipinski definition) is 1. The van der Waals surface area contributed by atoms with Gasteiger partial charge in [-0.05, 0) is 99.7 Å². The lowest BCUT2D eigenvalue weighted by atomic mass is 9.66. The Hall–Kier alpha value is -2.83. The molecule has 7 heteroatoms. The number of aryl methyl sites for hydroxylation is 2. The number of aliphatic hydroxyl groups is 1. The van der Waals surface area contributed by atoms with Crippen molar-refractivity contribution in [1.29, 1.82) is 0 Å². The summed E-state index contributed by atoms with van der Waals surface area (Å²) in [4.78, 5) is 28.7. The van der Waals surface area contributed by atoms with E-state index in [9.17, 15) is 14.7 Å². The Morgan fingerprint density at radius 1 is 1.10 bits per heavy atom. The average Bonchev–Trinajstić information content (AvgIpc) is 2.92. The van der Waals surface area contributed by atoms with E-state index < -0.39 is 11.7 Å². The van der Waals surface area contributed by atoms with E-state index in [1.54, 1.807) is 6.92 Å². The van der Waals surface area contributed by atoms with Gasteiger partial charge in [-0.15, -0.1) is 0 Å². The second kappa shape index (κ2) is 10.3. The number of rotatable bonds is 4. The van der Waals surface area contributed by atoms with Crippen LogP contribution in [0.25, 0.3) is 11.0 Å². The first-order chi connectivity index (χ1) is 18.7. The summed E-state index contributed by atoms with van der Waals surface area (Å²) in [7, 11) is 0. The van der Waals surface area contributed by atoms with E-state index in [-0.39, 0.29) is 23.5 Å². The van der Waals surface area contributed by atoms with Gasteiger partial charge >= 0.3 is 5.63 Å². The Balaban J connectivity index is 1.35. The molecule has 0 spiro atoms. The molecule has 39 heavy (non-hydrogen) atoms. The van der Waals surface area contributed by atoms with Crippen molar-refractivity contribution in [2.24, 2.45) is 5.92 Å². The minimum atomic E-state index is -0.771. The maximum Gasteiger partial charge on any atom is 0.339 e. The molecular formula is C32H36ClNO5. The summed E-state index contributed by atoms with van der Waals surface area (Å²) in [6.07, 6.45) is 6.96. The smallest absolute Gasteiger partial charge is 0.339 e. The van der Waals surface area contributed by atoms with Gasteiger partial charge in [-0.1, -0.05) is 36.6 Å². The zero-order valence-electron chi connectivity index (χ0n) is 22.7. The highest BCUT2D eigenvalue weighted by Gasteiger charge is 2.50. The van der Waals surface area contributed by atoms with Crippen LogP contribution in [0.5, 0.6) is 5.75 Å². The summed E-state index contributed by atoms with van der Waals surface area (Å²) in [5.41, 5.74) is 3.09. The van der Waals surface area contributed by atoms with Crippen LogP contribution in [0.3, 0.4) is 0 Å². The van der Waals surface area contributed by atoms with Crippen LogP contribution in [-0.4, -0.2) is 34.2 Å². The summed E-state index contributed by atoms with van der Waals surface area (Å²) in [5, 5.41) is 13.1. The van der Waals surface area contributed by atoms with Gasteiger partial charge in [0.2, 0.25) is 0 Å². The molecule has 6 rings (SSSR count). The van der Waals surface area contributed by atoms with Crippen LogP contribution in [0, 0.1) is 12.8 Å². The van der Waals surface area contributed by atoms with Gasteiger partial charge in [0.1, 0.15) is 11.3 Å². The average molecular weight is 550 g/mol. The molecule has 6 nitrogen and oxygen atoms in total. The predicted molar refractivity (Wildman–Crippen MR) is 151 cm³/mol. The Kier molecular flexibility index (Phi) is 6.96. The fourth-order valence-electron chi connectivity index (χ4n) is 7.24. The van der Waals surface area contributed by atoms with Gasteiger partial charge < -0.3 is 19.2 Å².